The highest BCUT2D eigenvalue weighted by Gasteiger charge is 2.43. The molecule has 0 saturated carbocycles. The zero-order valence-corrected chi connectivity index (χ0v) is 46.0. The molecule has 0 radical (unpaired) electrons. The van der Waals surface area contributed by atoms with Crippen molar-refractivity contribution in [1.29, 1.82) is 0 Å². The molecule has 5 nitrogen and oxygen atoms in total. The van der Waals surface area contributed by atoms with E-state index in [4.69, 9.17) is 14.2 Å². The van der Waals surface area contributed by atoms with Crippen LogP contribution < -0.4 is 14.2 Å². The van der Waals surface area contributed by atoms with E-state index in [0.717, 1.165) is 114 Å². The summed E-state index contributed by atoms with van der Waals surface area (Å²) >= 11 is 0. The molecule has 0 spiro atoms. The second-order valence-corrected chi connectivity index (χ2v) is 23.4. The third-order valence-corrected chi connectivity index (χ3v) is 18.9. The van der Waals surface area contributed by atoms with Gasteiger partial charge in [0.15, 0.2) is 0 Å². The molecule has 5 atom stereocenters. The molecule has 84 heavy (non-hydrogen) atoms. The van der Waals surface area contributed by atoms with Crippen LogP contribution in [0.1, 0.15) is 104 Å². The molecule has 11 aromatic carbocycles. The predicted molar refractivity (Wildman–Crippen MR) is 338 cm³/mol. The molecular weight excluding hydrogens is 1030 g/mol. The standard InChI is InChI=1S/C79H56O5/c80-57-30-32-59-55(44-57)28-38-65-74(59)71(52-22-16-49(17-23-52)46-10-4-1-5-11-46)76-61-34-42-69-78(63(61)36-40-67(76)82-65)73(54-26-20-51(21-27-54)48-14-8-3-9-15-48)79-64-37-41-68-77(62(64)35-43-70(79)84-69)72(53-24-18-50(19-25-53)47-12-6-2-7-13-47)75-60-33-31-58(81)45-56(60)29-39-66(75)83-68/h1-14,16-24,26-33,35-41,43-45,48,53,71-73,80-81H,15,25,34,42H2. The normalized spacial score (nSPS) is 19.6. The van der Waals surface area contributed by atoms with Crippen molar-refractivity contribution in [3.63, 3.8) is 0 Å². The van der Waals surface area contributed by atoms with Crippen molar-refractivity contribution < 1.29 is 24.4 Å². The molecule has 5 heteroatoms. The van der Waals surface area contributed by atoms with Crippen molar-refractivity contribution in [3.8, 4) is 51.4 Å². The van der Waals surface area contributed by atoms with Crippen molar-refractivity contribution in [1.82, 2.24) is 0 Å². The number of fused-ring (bicyclic) bond motifs is 15. The first-order valence-corrected chi connectivity index (χ1v) is 29.5. The van der Waals surface area contributed by atoms with E-state index in [1.54, 1.807) is 12.1 Å². The van der Waals surface area contributed by atoms with Gasteiger partial charge in [0.25, 0.3) is 0 Å². The lowest BCUT2D eigenvalue weighted by molar-refractivity contribution is 0.386. The lowest BCUT2D eigenvalue weighted by Crippen LogP contribution is -2.24. The third-order valence-electron chi connectivity index (χ3n) is 18.9. The lowest BCUT2D eigenvalue weighted by atomic mass is 9.69. The molecule has 11 aromatic rings. The highest BCUT2D eigenvalue weighted by Crippen LogP contribution is 2.60. The minimum absolute atomic E-state index is 0.0817. The lowest BCUT2D eigenvalue weighted by Gasteiger charge is -2.39. The number of phenols is 2. The number of rotatable bonds is 6. The summed E-state index contributed by atoms with van der Waals surface area (Å²) in [6.45, 7) is 0. The van der Waals surface area contributed by atoms with E-state index in [1.807, 2.05) is 12.1 Å². The Morgan fingerprint density at radius 3 is 1.63 bits per heavy atom. The second kappa shape index (κ2) is 19.3. The summed E-state index contributed by atoms with van der Waals surface area (Å²) in [4.78, 5) is 0. The van der Waals surface area contributed by atoms with Crippen LogP contribution in [-0.4, -0.2) is 10.2 Å². The largest absolute Gasteiger partial charge is 0.508 e. The quantitative estimate of drug-likeness (QED) is 0.174. The van der Waals surface area contributed by atoms with Crippen LogP contribution in [-0.2, 0) is 6.42 Å². The van der Waals surface area contributed by atoms with Crippen LogP contribution in [0.2, 0.25) is 0 Å². The van der Waals surface area contributed by atoms with Crippen molar-refractivity contribution in [3.05, 3.63) is 316 Å². The Morgan fingerprint density at radius 1 is 0.405 bits per heavy atom. The number of phenolic OH excluding ortho intramolecular Hbond substituents is 2. The molecule has 6 aliphatic rings. The van der Waals surface area contributed by atoms with Gasteiger partial charge in [-0.3, -0.25) is 0 Å². The van der Waals surface area contributed by atoms with Gasteiger partial charge in [0.1, 0.15) is 46.0 Å². The maximum atomic E-state index is 10.8. The van der Waals surface area contributed by atoms with Crippen molar-refractivity contribution in [2.45, 2.75) is 49.4 Å². The Kier molecular flexibility index (Phi) is 11.1. The smallest absolute Gasteiger partial charge is 0.132 e. The minimum atomic E-state index is -0.201. The molecule has 0 aromatic heterocycles. The predicted octanol–water partition coefficient (Wildman–Crippen LogP) is 19.9. The van der Waals surface area contributed by atoms with Crippen LogP contribution in [0.25, 0.3) is 54.6 Å². The van der Waals surface area contributed by atoms with Crippen LogP contribution in [0.3, 0.4) is 0 Å². The molecule has 0 fully saturated rings. The summed E-state index contributed by atoms with van der Waals surface area (Å²) in [5.74, 6) is 5.70. The fourth-order valence-corrected chi connectivity index (χ4v) is 15.1. The first kappa shape index (κ1) is 48.6. The highest BCUT2D eigenvalue weighted by atomic mass is 16.5. The molecule has 0 amide bonds. The maximum Gasteiger partial charge on any atom is 0.132 e. The van der Waals surface area contributed by atoms with Crippen LogP contribution in [0, 0.1) is 5.92 Å². The van der Waals surface area contributed by atoms with E-state index in [0.29, 0.717) is 12.3 Å². The van der Waals surface area contributed by atoms with Gasteiger partial charge in [-0.15, -0.1) is 0 Å². The number of benzene rings is 11. The SMILES string of the molecule is Oc1ccc2c3c(ccc2c1)Oc1ccc2c(c1C3c1ccc(-c3ccccc3)cc1)CCC1=C2C(c2ccc(C3C=CC=CC3)cc2)c2c(ccc3c4c(ccc23)Oc2ccc3cc(O)ccc3c2C4C2C=CC(c3ccccc3)=CC2)O1. The molecule has 3 aliphatic carbocycles. The molecular formula is C79H56O5. The number of allylic oxidation sites excluding steroid dienone is 10. The van der Waals surface area contributed by atoms with E-state index in [2.05, 4.69) is 225 Å². The van der Waals surface area contributed by atoms with E-state index >= 15 is 0 Å². The Morgan fingerprint density at radius 2 is 0.952 bits per heavy atom. The second-order valence-electron chi connectivity index (χ2n) is 23.4. The van der Waals surface area contributed by atoms with Crippen molar-refractivity contribution in [2.24, 2.45) is 5.92 Å². The van der Waals surface area contributed by atoms with Gasteiger partial charge < -0.3 is 24.4 Å². The topological polar surface area (TPSA) is 68.2 Å². The maximum absolute atomic E-state index is 10.8. The van der Waals surface area contributed by atoms with E-state index in [9.17, 15) is 10.2 Å². The van der Waals surface area contributed by atoms with Crippen LogP contribution in [0.4, 0.5) is 0 Å². The number of aromatic hydroxyl groups is 2. The molecule has 0 saturated heterocycles. The fraction of sp³-hybridized carbons (Fsp3) is 0.114. The molecule has 0 bridgehead atoms. The van der Waals surface area contributed by atoms with Gasteiger partial charge in [-0.1, -0.05) is 194 Å². The average molecular weight is 1090 g/mol. The summed E-state index contributed by atoms with van der Waals surface area (Å²) in [7, 11) is 0. The molecule has 5 unspecified atom stereocenters. The number of hydrogen-bond acceptors (Lipinski definition) is 5. The monoisotopic (exact) mass is 1080 g/mol. The summed E-state index contributed by atoms with van der Waals surface area (Å²) in [5, 5.41) is 28.0. The van der Waals surface area contributed by atoms with E-state index in [-0.39, 0.29) is 35.2 Å². The fourth-order valence-electron chi connectivity index (χ4n) is 15.1. The Hall–Kier alpha value is -10.1. The zero-order chi connectivity index (χ0) is 55.6. The summed E-state index contributed by atoms with van der Waals surface area (Å²) in [5.41, 5.74) is 17.8. The van der Waals surface area contributed by atoms with E-state index < -0.39 is 0 Å². The Labute approximate surface area is 487 Å². The first-order valence-electron chi connectivity index (χ1n) is 29.5. The molecule has 17 rings (SSSR count). The minimum Gasteiger partial charge on any atom is -0.508 e. The summed E-state index contributed by atoms with van der Waals surface area (Å²) < 4.78 is 21.6. The molecule has 3 heterocycles. The third kappa shape index (κ3) is 7.75. The zero-order valence-electron chi connectivity index (χ0n) is 46.0. The van der Waals surface area contributed by atoms with Gasteiger partial charge in [-0.2, -0.15) is 0 Å². The van der Waals surface area contributed by atoms with Crippen LogP contribution in [0.5, 0.6) is 40.2 Å². The molecule has 3 aliphatic heterocycles. The molecule has 2 N–H and O–H groups in total. The highest BCUT2D eigenvalue weighted by molar-refractivity contribution is 6.00. The van der Waals surface area contributed by atoms with Crippen LogP contribution >= 0.6 is 0 Å². The van der Waals surface area contributed by atoms with Crippen LogP contribution in [0.15, 0.2) is 255 Å². The van der Waals surface area contributed by atoms with Crippen molar-refractivity contribution in [2.75, 3.05) is 0 Å². The summed E-state index contributed by atoms with van der Waals surface area (Å²) in [6, 6.07) is 73.1. The first-order chi connectivity index (χ1) is 41.5. The van der Waals surface area contributed by atoms with Gasteiger partial charge in [0, 0.05) is 63.5 Å². The number of hydrogen-bond donors (Lipinski definition) is 2. The van der Waals surface area contributed by atoms with Gasteiger partial charge in [-0.05, 0) is 162 Å². The number of ether oxygens (including phenoxy) is 3. The average Bonchev–Trinajstić information content (AvgIpc) is 0.997. The Balaban J connectivity index is 0.868. The van der Waals surface area contributed by atoms with Gasteiger partial charge in [0.2, 0.25) is 0 Å². The summed E-state index contributed by atoms with van der Waals surface area (Å²) in [6.07, 6.45) is 19.3. The Bertz CT molecular complexity index is 4720. The molecule has 402 valence electrons. The van der Waals surface area contributed by atoms with Crippen molar-refractivity contribution >= 4 is 43.5 Å². The van der Waals surface area contributed by atoms with Gasteiger partial charge in [-0.25, -0.2) is 0 Å². The van der Waals surface area contributed by atoms with Gasteiger partial charge >= 0.3 is 0 Å². The van der Waals surface area contributed by atoms with E-state index in [1.165, 1.54) is 55.7 Å². The van der Waals surface area contributed by atoms with Gasteiger partial charge in [0.05, 0.1) is 0 Å².